The molecule has 1 rings (SSSR count). The minimum Gasteiger partial charge on any atom is -0.491 e. The molecular formula is C11H15FN2OS. The standard InChI is InChI=1S/C11H15FN2OS/c1-14(2)6-7-15-9-5-3-4-8(12)10(9)11(13)16/h3-5H,6-7H2,1-2H3,(H2,13,16). The van der Waals surface area contributed by atoms with Gasteiger partial charge in [-0.1, -0.05) is 18.3 Å². The zero-order chi connectivity index (χ0) is 12.1. The SMILES string of the molecule is CN(C)CCOc1cccc(F)c1C(N)=S. The highest BCUT2D eigenvalue weighted by molar-refractivity contribution is 7.80. The molecule has 0 aliphatic heterocycles. The summed E-state index contributed by atoms with van der Waals surface area (Å²) in [5, 5.41) is 0. The number of hydrogen-bond donors (Lipinski definition) is 1. The Morgan fingerprint density at radius 1 is 1.50 bits per heavy atom. The molecule has 0 spiro atoms. The molecule has 5 heteroatoms. The van der Waals surface area contributed by atoms with Gasteiger partial charge in [-0.2, -0.15) is 0 Å². The summed E-state index contributed by atoms with van der Waals surface area (Å²) < 4.78 is 18.9. The number of thiocarbonyl (C=S) groups is 1. The summed E-state index contributed by atoms with van der Waals surface area (Å²) in [5.41, 5.74) is 5.63. The highest BCUT2D eigenvalue weighted by Crippen LogP contribution is 2.21. The number of halogens is 1. The molecule has 0 atom stereocenters. The van der Waals surface area contributed by atoms with Crippen LogP contribution in [-0.4, -0.2) is 37.1 Å². The Balaban J connectivity index is 2.79. The molecule has 16 heavy (non-hydrogen) atoms. The van der Waals surface area contributed by atoms with Crippen LogP contribution < -0.4 is 10.5 Å². The lowest BCUT2D eigenvalue weighted by Crippen LogP contribution is -2.21. The summed E-state index contributed by atoms with van der Waals surface area (Å²) in [4.78, 5) is 1.98. The van der Waals surface area contributed by atoms with Crippen LogP contribution >= 0.6 is 12.2 Å². The van der Waals surface area contributed by atoms with Crippen molar-refractivity contribution in [2.75, 3.05) is 27.2 Å². The Morgan fingerprint density at radius 2 is 2.19 bits per heavy atom. The molecule has 0 fully saturated rings. The summed E-state index contributed by atoms with van der Waals surface area (Å²) in [6.07, 6.45) is 0. The van der Waals surface area contributed by atoms with Gasteiger partial charge < -0.3 is 15.4 Å². The molecule has 1 aromatic rings. The summed E-state index contributed by atoms with van der Waals surface area (Å²) in [6.45, 7) is 1.21. The predicted molar refractivity (Wildman–Crippen MR) is 66.3 cm³/mol. The highest BCUT2D eigenvalue weighted by atomic mass is 32.1. The van der Waals surface area contributed by atoms with Crippen molar-refractivity contribution in [3.63, 3.8) is 0 Å². The first-order valence-electron chi connectivity index (χ1n) is 4.88. The number of likely N-dealkylation sites (N-methyl/N-ethyl adjacent to an activating group) is 1. The van der Waals surface area contributed by atoms with E-state index in [1.807, 2.05) is 19.0 Å². The molecule has 0 amide bonds. The topological polar surface area (TPSA) is 38.5 Å². The first-order chi connectivity index (χ1) is 7.52. The van der Waals surface area contributed by atoms with E-state index in [0.29, 0.717) is 12.4 Å². The van der Waals surface area contributed by atoms with E-state index < -0.39 is 5.82 Å². The maximum Gasteiger partial charge on any atom is 0.137 e. The molecule has 0 radical (unpaired) electrons. The number of hydrogen-bond acceptors (Lipinski definition) is 3. The summed E-state index contributed by atoms with van der Waals surface area (Å²) in [6, 6.07) is 4.54. The molecule has 0 saturated heterocycles. The lowest BCUT2D eigenvalue weighted by atomic mass is 10.2. The molecule has 0 aromatic heterocycles. The van der Waals surface area contributed by atoms with Crippen LogP contribution in [0.1, 0.15) is 5.56 Å². The van der Waals surface area contributed by atoms with Gasteiger partial charge in [0.25, 0.3) is 0 Å². The Bertz CT molecular complexity index is 382. The fourth-order valence-electron chi connectivity index (χ4n) is 1.20. The summed E-state index contributed by atoms with van der Waals surface area (Å²) >= 11 is 4.79. The summed E-state index contributed by atoms with van der Waals surface area (Å²) in [7, 11) is 3.87. The molecular weight excluding hydrogens is 227 g/mol. The van der Waals surface area contributed by atoms with Gasteiger partial charge in [0.05, 0.1) is 5.56 Å². The van der Waals surface area contributed by atoms with E-state index in [9.17, 15) is 4.39 Å². The fourth-order valence-corrected chi connectivity index (χ4v) is 1.40. The van der Waals surface area contributed by atoms with Gasteiger partial charge in [0.2, 0.25) is 0 Å². The van der Waals surface area contributed by atoms with Gasteiger partial charge in [-0.3, -0.25) is 0 Å². The van der Waals surface area contributed by atoms with Crippen LogP contribution in [0.4, 0.5) is 4.39 Å². The van der Waals surface area contributed by atoms with Gasteiger partial charge in [-0.15, -0.1) is 0 Å². The number of rotatable bonds is 5. The quantitative estimate of drug-likeness (QED) is 0.792. The van der Waals surface area contributed by atoms with E-state index in [2.05, 4.69) is 0 Å². The number of benzene rings is 1. The number of nitrogens with zero attached hydrogens (tertiary/aromatic N) is 1. The van der Waals surface area contributed by atoms with Crippen molar-refractivity contribution in [1.29, 1.82) is 0 Å². The third kappa shape index (κ3) is 3.43. The molecule has 2 N–H and O–H groups in total. The minimum absolute atomic E-state index is 0.0120. The molecule has 0 aliphatic carbocycles. The molecule has 88 valence electrons. The zero-order valence-corrected chi connectivity index (χ0v) is 10.2. The van der Waals surface area contributed by atoms with Gasteiger partial charge in [0.1, 0.15) is 23.2 Å². The highest BCUT2D eigenvalue weighted by Gasteiger charge is 2.11. The Kier molecular flexibility index (Phi) is 4.64. The van der Waals surface area contributed by atoms with Crippen molar-refractivity contribution in [2.24, 2.45) is 5.73 Å². The van der Waals surface area contributed by atoms with Crippen molar-refractivity contribution in [3.05, 3.63) is 29.6 Å². The van der Waals surface area contributed by atoms with Gasteiger partial charge in [0.15, 0.2) is 0 Å². The smallest absolute Gasteiger partial charge is 0.137 e. The largest absolute Gasteiger partial charge is 0.491 e. The van der Waals surface area contributed by atoms with Crippen LogP contribution in [0.25, 0.3) is 0 Å². The van der Waals surface area contributed by atoms with E-state index in [1.54, 1.807) is 12.1 Å². The van der Waals surface area contributed by atoms with E-state index in [0.717, 1.165) is 6.54 Å². The summed E-state index contributed by atoms with van der Waals surface area (Å²) in [5.74, 6) is -0.0517. The van der Waals surface area contributed by atoms with Crippen LogP contribution in [0, 0.1) is 5.82 Å². The second-order valence-corrected chi connectivity index (χ2v) is 4.07. The fraction of sp³-hybridized carbons (Fsp3) is 0.364. The Morgan fingerprint density at radius 3 is 2.75 bits per heavy atom. The van der Waals surface area contributed by atoms with Crippen molar-refractivity contribution in [2.45, 2.75) is 0 Å². The molecule has 0 aliphatic rings. The van der Waals surface area contributed by atoms with Gasteiger partial charge in [-0.25, -0.2) is 4.39 Å². The first-order valence-corrected chi connectivity index (χ1v) is 5.29. The maximum atomic E-state index is 13.4. The third-order valence-corrected chi connectivity index (χ3v) is 2.22. The number of nitrogens with two attached hydrogens (primary N) is 1. The molecule has 1 aromatic carbocycles. The third-order valence-electron chi connectivity index (χ3n) is 2.02. The molecule has 0 saturated carbocycles. The van der Waals surface area contributed by atoms with E-state index in [-0.39, 0.29) is 10.6 Å². The molecule has 3 nitrogen and oxygen atoms in total. The van der Waals surface area contributed by atoms with Gasteiger partial charge in [-0.05, 0) is 26.2 Å². The lowest BCUT2D eigenvalue weighted by Gasteiger charge is -2.13. The van der Waals surface area contributed by atoms with Crippen LogP contribution in [0.15, 0.2) is 18.2 Å². The van der Waals surface area contributed by atoms with Crippen LogP contribution in [-0.2, 0) is 0 Å². The van der Waals surface area contributed by atoms with Crippen molar-refractivity contribution < 1.29 is 9.13 Å². The van der Waals surface area contributed by atoms with Crippen molar-refractivity contribution in [3.8, 4) is 5.75 Å². The normalized spacial score (nSPS) is 10.5. The zero-order valence-electron chi connectivity index (χ0n) is 9.37. The van der Waals surface area contributed by atoms with Crippen LogP contribution in [0.5, 0.6) is 5.75 Å². The van der Waals surface area contributed by atoms with Crippen LogP contribution in [0.2, 0.25) is 0 Å². The lowest BCUT2D eigenvalue weighted by molar-refractivity contribution is 0.260. The molecule has 0 heterocycles. The van der Waals surface area contributed by atoms with Gasteiger partial charge in [0, 0.05) is 6.54 Å². The van der Waals surface area contributed by atoms with E-state index in [1.165, 1.54) is 6.07 Å². The molecule has 0 unspecified atom stereocenters. The van der Waals surface area contributed by atoms with Gasteiger partial charge >= 0.3 is 0 Å². The van der Waals surface area contributed by atoms with Crippen molar-refractivity contribution in [1.82, 2.24) is 4.90 Å². The Hall–Kier alpha value is -1.20. The predicted octanol–water partition coefficient (Wildman–Crippen LogP) is 1.40. The van der Waals surface area contributed by atoms with Crippen LogP contribution in [0.3, 0.4) is 0 Å². The minimum atomic E-state index is -0.449. The average molecular weight is 242 g/mol. The second-order valence-electron chi connectivity index (χ2n) is 3.63. The van der Waals surface area contributed by atoms with Crippen molar-refractivity contribution >= 4 is 17.2 Å². The Labute approximate surface area is 100.0 Å². The number of ether oxygens (including phenoxy) is 1. The first kappa shape index (κ1) is 12.9. The maximum absolute atomic E-state index is 13.4. The average Bonchev–Trinajstić information content (AvgIpc) is 2.16. The second kappa shape index (κ2) is 5.77. The molecule has 0 bridgehead atoms. The monoisotopic (exact) mass is 242 g/mol. The van der Waals surface area contributed by atoms with E-state index in [4.69, 9.17) is 22.7 Å². The van der Waals surface area contributed by atoms with E-state index >= 15 is 0 Å².